The van der Waals surface area contributed by atoms with E-state index in [1.54, 1.807) is 0 Å². The van der Waals surface area contributed by atoms with E-state index in [4.69, 9.17) is 9.31 Å². The molecule has 11 heteroatoms. The van der Waals surface area contributed by atoms with Gasteiger partial charge in [0.2, 0.25) is 0 Å². The smallest absolute Gasteiger partial charge is 0.403 e. The normalized spacial score (nSPS) is 25.9. The van der Waals surface area contributed by atoms with Crippen molar-refractivity contribution in [1.29, 1.82) is 0 Å². The van der Waals surface area contributed by atoms with Crippen LogP contribution in [0.1, 0.15) is 51.3 Å². The van der Waals surface area contributed by atoms with Crippen LogP contribution >= 0.6 is 0 Å². The number of hydrogen-bond acceptors (Lipinski definition) is 3. The van der Waals surface area contributed by atoms with Gasteiger partial charge in [-0.3, -0.25) is 4.68 Å². The molecule has 2 atom stereocenters. The lowest BCUT2D eigenvalue weighted by Gasteiger charge is -2.32. The van der Waals surface area contributed by atoms with Gasteiger partial charge in [0, 0.05) is 11.2 Å². The Morgan fingerprint density at radius 3 is 2.20 bits per heavy atom. The second-order valence-electron chi connectivity index (χ2n) is 9.03. The van der Waals surface area contributed by atoms with Crippen molar-refractivity contribution in [2.75, 3.05) is 0 Å². The van der Waals surface area contributed by atoms with Gasteiger partial charge in [-0.15, -0.1) is 0 Å². The van der Waals surface area contributed by atoms with Gasteiger partial charge in [0.15, 0.2) is 5.69 Å². The molecule has 0 N–H and O–H groups in total. The maximum Gasteiger partial charge on any atom is 0.461 e. The van der Waals surface area contributed by atoms with Gasteiger partial charge in [-0.05, 0) is 51.7 Å². The summed E-state index contributed by atoms with van der Waals surface area (Å²) >= 11 is 0. The highest BCUT2D eigenvalue weighted by molar-refractivity contribution is 6.49. The van der Waals surface area contributed by atoms with Crippen LogP contribution in [0.15, 0.2) is 18.2 Å². The van der Waals surface area contributed by atoms with Crippen LogP contribution in [-0.2, 0) is 22.0 Å². The molecule has 1 saturated carbocycles. The van der Waals surface area contributed by atoms with Gasteiger partial charge < -0.3 is 9.31 Å². The lowest BCUT2D eigenvalue weighted by Crippen LogP contribution is -2.41. The highest BCUT2D eigenvalue weighted by atomic mass is 19.4. The fourth-order valence-electron chi connectivity index (χ4n) is 3.88. The first kappa shape index (κ1) is 21.5. The summed E-state index contributed by atoms with van der Waals surface area (Å²) in [6.45, 7) is 6.10. The number of nitrogens with zero attached hydrogens (tertiary/aromatic N) is 2. The maximum absolute atomic E-state index is 13.3. The second-order valence-corrected chi connectivity index (χ2v) is 9.03. The number of benzene rings is 1. The van der Waals surface area contributed by atoms with Crippen molar-refractivity contribution in [3.8, 4) is 0 Å². The van der Waals surface area contributed by atoms with Crippen LogP contribution in [0.3, 0.4) is 0 Å². The summed E-state index contributed by atoms with van der Waals surface area (Å²) in [6.07, 6.45) is -8.86. The van der Waals surface area contributed by atoms with Crippen LogP contribution < -0.4 is 0 Å². The van der Waals surface area contributed by atoms with E-state index in [-0.39, 0.29) is 22.6 Å². The van der Waals surface area contributed by atoms with Gasteiger partial charge >= 0.3 is 19.5 Å². The summed E-state index contributed by atoms with van der Waals surface area (Å²) in [5.74, 6) is -0.0720. The fraction of sp³-hybridized carbons (Fsp3) is 0.632. The molecule has 0 unspecified atom stereocenters. The number of rotatable bonds is 3. The molecule has 164 valence electrons. The Labute approximate surface area is 169 Å². The minimum absolute atomic E-state index is 0.00965. The number of fused-ring (bicyclic) bond motifs is 1. The van der Waals surface area contributed by atoms with E-state index in [1.807, 2.05) is 27.7 Å². The Morgan fingerprint density at radius 2 is 1.67 bits per heavy atom. The monoisotopic (exact) mass is 434 g/mol. The molecule has 2 heterocycles. The van der Waals surface area contributed by atoms with Crippen molar-refractivity contribution in [3.63, 3.8) is 0 Å². The Kier molecular flexibility index (Phi) is 4.57. The molecule has 0 bridgehead atoms. The van der Waals surface area contributed by atoms with Crippen molar-refractivity contribution in [2.45, 2.75) is 76.0 Å². The molecular formula is C19H21BF6N2O2. The van der Waals surface area contributed by atoms with E-state index in [9.17, 15) is 26.3 Å². The summed E-state index contributed by atoms with van der Waals surface area (Å²) in [6, 6.07) is 4.10. The summed E-state index contributed by atoms with van der Waals surface area (Å²) in [4.78, 5) is 0. The predicted octanol–water partition coefficient (Wildman–Crippen LogP) is 5.57. The van der Waals surface area contributed by atoms with E-state index < -0.39 is 42.9 Å². The van der Waals surface area contributed by atoms with Gasteiger partial charge in [-0.1, -0.05) is 12.1 Å². The Hall–Kier alpha value is -1.75. The zero-order valence-electron chi connectivity index (χ0n) is 16.9. The number of halogens is 6. The Bertz CT molecular complexity index is 966. The van der Waals surface area contributed by atoms with Crippen molar-refractivity contribution in [2.24, 2.45) is 0 Å². The lowest BCUT2D eigenvalue weighted by molar-refractivity contribution is -0.148. The maximum atomic E-state index is 13.3. The fourth-order valence-corrected chi connectivity index (χ4v) is 3.88. The minimum Gasteiger partial charge on any atom is -0.403 e. The molecule has 0 radical (unpaired) electrons. The van der Waals surface area contributed by atoms with E-state index in [1.165, 1.54) is 18.2 Å². The van der Waals surface area contributed by atoms with E-state index in [0.717, 1.165) is 0 Å². The molecule has 1 aliphatic heterocycles. The number of alkyl halides is 6. The molecule has 1 aromatic heterocycles. The third kappa shape index (κ3) is 3.70. The first-order valence-electron chi connectivity index (χ1n) is 9.59. The third-order valence-corrected chi connectivity index (χ3v) is 6.26. The Balaban J connectivity index is 1.65. The zero-order valence-corrected chi connectivity index (χ0v) is 16.9. The standard InChI is InChI=1S/C19H21BF6N2O2/c1-16(2)17(3,4)30-20(29-16)13-8-12(13)10-5-6-11-14(7-10)28(9-18(21,22)23)27-15(11)19(24,25)26/h5-7,12-13H,8-9H2,1-4H3/t12-,13+/m1/s1. The lowest BCUT2D eigenvalue weighted by atomic mass is 9.79. The van der Waals surface area contributed by atoms with Crippen LogP contribution in [0, 0.1) is 0 Å². The number of hydrogen-bond donors (Lipinski definition) is 0. The van der Waals surface area contributed by atoms with Gasteiger partial charge in [-0.25, -0.2) is 0 Å². The number of aromatic nitrogens is 2. The molecule has 1 aliphatic carbocycles. The van der Waals surface area contributed by atoms with Crippen LogP contribution in [-0.4, -0.2) is 34.3 Å². The largest absolute Gasteiger partial charge is 0.461 e. The van der Waals surface area contributed by atoms with Crippen molar-refractivity contribution >= 4 is 18.0 Å². The van der Waals surface area contributed by atoms with E-state index >= 15 is 0 Å². The van der Waals surface area contributed by atoms with Gasteiger partial charge in [-0.2, -0.15) is 31.4 Å². The molecule has 2 fully saturated rings. The SMILES string of the molecule is CC1(C)OB([C@H]2C[C@@H]2c2ccc3c(C(F)(F)F)nn(CC(F)(F)F)c3c2)OC1(C)C. The van der Waals surface area contributed by atoms with Gasteiger partial charge in [0.05, 0.1) is 16.7 Å². The molecule has 2 aromatic rings. The highest BCUT2D eigenvalue weighted by Gasteiger charge is 2.60. The quantitative estimate of drug-likeness (QED) is 0.469. The van der Waals surface area contributed by atoms with E-state index in [0.29, 0.717) is 16.7 Å². The zero-order chi connectivity index (χ0) is 22.3. The summed E-state index contributed by atoms with van der Waals surface area (Å²) < 4.78 is 90.9. The molecule has 1 saturated heterocycles. The topological polar surface area (TPSA) is 36.3 Å². The predicted molar refractivity (Wildman–Crippen MR) is 98.0 cm³/mol. The molecule has 1 aromatic carbocycles. The molecule has 0 amide bonds. The van der Waals surface area contributed by atoms with Crippen molar-refractivity contribution in [3.05, 3.63) is 29.5 Å². The van der Waals surface area contributed by atoms with Crippen LogP contribution in [0.4, 0.5) is 26.3 Å². The molecule has 30 heavy (non-hydrogen) atoms. The summed E-state index contributed by atoms with van der Waals surface area (Å²) in [7, 11) is -0.471. The van der Waals surface area contributed by atoms with Crippen molar-refractivity contribution < 1.29 is 35.7 Å². The molecular weight excluding hydrogens is 413 g/mol. The van der Waals surface area contributed by atoms with Crippen LogP contribution in [0.25, 0.3) is 10.9 Å². The first-order chi connectivity index (χ1) is 13.6. The second kappa shape index (κ2) is 6.38. The molecule has 4 rings (SSSR count). The first-order valence-corrected chi connectivity index (χ1v) is 9.59. The van der Waals surface area contributed by atoms with Gasteiger partial charge in [0.25, 0.3) is 0 Å². The van der Waals surface area contributed by atoms with E-state index in [2.05, 4.69) is 5.10 Å². The molecule has 2 aliphatic rings. The summed E-state index contributed by atoms with van der Waals surface area (Å²) in [5, 5.41) is 2.88. The van der Waals surface area contributed by atoms with Gasteiger partial charge in [0.1, 0.15) is 6.54 Å². The minimum atomic E-state index is -4.85. The molecule has 0 spiro atoms. The molecule has 4 nitrogen and oxygen atoms in total. The average molecular weight is 434 g/mol. The highest BCUT2D eigenvalue weighted by Crippen LogP contribution is 2.58. The third-order valence-electron chi connectivity index (χ3n) is 6.26. The Morgan fingerprint density at radius 1 is 1.07 bits per heavy atom. The van der Waals surface area contributed by atoms with Crippen LogP contribution in [0.2, 0.25) is 5.82 Å². The average Bonchev–Trinajstić information content (AvgIpc) is 3.23. The van der Waals surface area contributed by atoms with Crippen LogP contribution in [0.5, 0.6) is 0 Å². The van der Waals surface area contributed by atoms with Crippen molar-refractivity contribution in [1.82, 2.24) is 9.78 Å². The summed E-state index contributed by atoms with van der Waals surface area (Å²) in [5.41, 5.74) is -1.87.